The molecule has 0 spiro atoms. The molecule has 0 radical (unpaired) electrons. The molecule has 0 bridgehead atoms. The first-order chi connectivity index (χ1) is 13.4. The van der Waals surface area contributed by atoms with Gasteiger partial charge in [-0.05, 0) is 31.4 Å². The standard InChI is InChI=1S/C18H18F3NO5S2/c19-18(20,21)12-3-1-2-4-15(12)29(26,27)11-7-13(17(24)25)22(9-11)16(28)8-14(23)10-5-6-10/h1-4,10-11,13H,5-9H2,(H,24,25)/t11-,13+/m1/s1. The highest BCUT2D eigenvalue weighted by Gasteiger charge is 2.47. The zero-order valence-corrected chi connectivity index (χ0v) is 16.7. The third-order valence-electron chi connectivity index (χ3n) is 5.16. The average molecular weight is 449 g/mol. The van der Waals surface area contributed by atoms with Crippen molar-refractivity contribution < 1.29 is 36.3 Å². The van der Waals surface area contributed by atoms with E-state index in [1.54, 1.807) is 0 Å². The molecule has 1 saturated heterocycles. The van der Waals surface area contributed by atoms with Gasteiger partial charge in [-0.3, -0.25) is 4.79 Å². The Morgan fingerprint density at radius 3 is 2.38 bits per heavy atom. The summed E-state index contributed by atoms with van der Waals surface area (Å²) in [6.07, 6.45) is -3.97. The zero-order chi connectivity index (χ0) is 21.6. The predicted octanol–water partition coefficient (Wildman–Crippen LogP) is 2.70. The molecular formula is C18H18F3NO5S2. The molecule has 1 heterocycles. The van der Waals surface area contributed by atoms with Crippen LogP contribution in [0.3, 0.4) is 0 Å². The second kappa shape index (κ2) is 7.67. The number of carbonyl (C=O) groups is 2. The minimum atomic E-state index is -4.87. The number of halogens is 3. The van der Waals surface area contributed by atoms with Crippen LogP contribution in [0.5, 0.6) is 0 Å². The quantitative estimate of drug-likeness (QED) is 0.668. The Bertz CT molecular complexity index is 956. The second-order valence-electron chi connectivity index (χ2n) is 7.21. The van der Waals surface area contributed by atoms with Crippen molar-refractivity contribution in [2.24, 2.45) is 5.92 Å². The van der Waals surface area contributed by atoms with Crippen LogP contribution in [-0.4, -0.2) is 53.0 Å². The number of likely N-dealkylation sites (tertiary alicyclic amines) is 1. The lowest BCUT2D eigenvalue weighted by Gasteiger charge is -2.24. The third-order valence-corrected chi connectivity index (χ3v) is 7.73. The van der Waals surface area contributed by atoms with Crippen LogP contribution in [0.15, 0.2) is 29.2 Å². The topological polar surface area (TPSA) is 91.8 Å². The number of thiocarbonyl (C=S) groups is 1. The van der Waals surface area contributed by atoms with Gasteiger partial charge in [-0.2, -0.15) is 13.2 Å². The summed E-state index contributed by atoms with van der Waals surface area (Å²) in [5.41, 5.74) is -1.29. The van der Waals surface area contributed by atoms with Gasteiger partial charge in [-0.25, -0.2) is 13.2 Å². The number of ketones is 1. The smallest absolute Gasteiger partial charge is 0.417 e. The molecule has 1 N–H and O–H groups in total. The Balaban J connectivity index is 1.88. The molecule has 1 aliphatic carbocycles. The van der Waals surface area contributed by atoms with Gasteiger partial charge in [0.05, 0.1) is 27.1 Å². The lowest BCUT2D eigenvalue weighted by molar-refractivity contribution is -0.141. The Labute approximate surface area is 170 Å². The van der Waals surface area contributed by atoms with Crippen molar-refractivity contribution in [3.63, 3.8) is 0 Å². The van der Waals surface area contributed by atoms with Crippen LogP contribution in [0, 0.1) is 5.92 Å². The van der Waals surface area contributed by atoms with Crippen LogP contribution in [-0.2, 0) is 25.6 Å². The summed E-state index contributed by atoms with van der Waals surface area (Å²) in [6, 6.07) is 2.50. The maximum Gasteiger partial charge on any atom is 0.417 e. The number of Topliss-reactive ketones (excluding diaryl/α,β-unsaturated/α-hetero) is 1. The summed E-state index contributed by atoms with van der Waals surface area (Å²) in [5, 5.41) is 8.08. The Kier molecular flexibility index (Phi) is 5.74. The van der Waals surface area contributed by atoms with E-state index < -0.39 is 50.2 Å². The van der Waals surface area contributed by atoms with Crippen molar-refractivity contribution in [3.8, 4) is 0 Å². The van der Waals surface area contributed by atoms with Crippen molar-refractivity contribution in [2.45, 2.75) is 48.0 Å². The monoisotopic (exact) mass is 449 g/mol. The number of carboxylic acid groups (broad SMARTS) is 1. The first kappa shape index (κ1) is 21.7. The van der Waals surface area contributed by atoms with Gasteiger partial charge >= 0.3 is 12.1 Å². The molecule has 2 aliphatic rings. The van der Waals surface area contributed by atoms with E-state index in [1.165, 1.54) is 6.07 Å². The van der Waals surface area contributed by atoms with E-state index in [4.69, 9.17) is 12.2 Å². The molecule has 0 amide bonds. The lowest BCUT2D eigenvalue weighted by atomic mass is 10.1. The molecule has 3 rings (SSSR count). The first-order valence-electron chi connectivity index (χ1n) is 8.88. The van der Waals surface area contributed by atoms with Crippen LogP contribution in [0.2, 0.25) is 0 Å². The van der Waals surface area contributed by atoms with Gasteiger partial charge in [0.1, 0.15) is 11.8 Å². The Morgan fingerprint density at radius 2 is 1.83 bits per heavy atom. The molecule has 0 aromatic heterocycles. The summed E-state index contributed by atoms with van der Waals surface area (Å²) >= 11 is 5.18. The molecule has 2 atom stereocenters. The Hall–Kier alpha value is -2.01. The highest BCUT2D eigenvalue weighted by atomic mass is 32.2. The number of hydrogen-bond acceptors (Lipinski definition) is 5. The van der Waals surface area contributed by atoms with Crippen LogP contribution < -0.4 is 0 Å². The number of sulfone groups is 1. The van der Waals surface area contributed by atoms with Crippen molar-refractivity contribution >= 4 is 38.8 Å². The number of alkyl halides is 3. The van der Waals surface area contributed by atoms with Crippen molar-refractivity contribution in [1.29, 1.82) is 0 Å². The van der Waals surface area contributed by atoms with E-state index in [0.717, 1.165) is 29.9 Å². The summed E-state index contributed by atoms with van der Waals surface area (Å²) in [4.78, 5) is 23.9. The fourth-order valence-electron chi connectivity index (χ4n) is 3.46. The van der Waals surface area contributed by atoms with E-state index >= 15 is 0 Å². The second-order valence-corrected chi connectivity index (χ2v) is 9.88. The van der Waals surface area contributed by atoms with E-state index in [1.807, 2.05) is 0 Å². The minimum Gasteiger partial charge on any atom is -0.480 e. The first-order valence-corrected chi connectivity index (χ1v) is 10.8. The Morgan fingerprint density at radius 1 is 1.21 bits per heavy atom. The number of nitrogens with zero attached hydrogens (tertiary/aromatic N) is 1. The number of hydrogen-bond donors (Lipinski definition) is 1. The molecule has 1 aromatic rings. The maximum absolute atomic E-state index is 13.3. The maximum atomic E-state index is 13.3. The van der Waals surface area contributed by atoms with Crippen molar-refractivity contribution in [1.82, 2.24) is 4.90 Å². The van der Waals surface area contributed by atoms with Gasteiger partial charge < -0.3 is 10.0 Å². The summed E-state index contributed by atoms with van der Waals surface area (Å²) < 4.78 is 65.7. The van der Waals surface area contributed by atoms with E-state index in [0.29, 0.717) is 6.07 Å². The normalized spacial score (nSPS) is 22.5. The highest BCUT2D eigenvalue weighted by molar-refractivity contribution is 7.92. The molecule has 29 heavy (non-hydrogen) atoms. The van der Waals surface area contributed by atoms with Gasteiger partial charge in [0.2, 0.25) is 0 Å². The van der Waals surface area contributed by atoms with E-state index in [9.17, 15) is 36.3 Å². The fraction of sp³-hybridized carbons (Fsp3) is 0.500. The number of rotatable bonds is 6. The molecular weight excluding hydrogens is 431 g/mol. The molecule has 1 saturated carbocycles. The van der Waals surface area contributed by atoms with E-state index in [-0.39, 0.29) is 29.7 Å². The van der Waals surface area contributed by atoms with Crippen LogP contribution in [0.4, 0.5) is 13.2 Å². The van der Waals surface area contributed by atoms with Gasteiger partial charge in [0.15, 0.2) is 9.84 Å². The zero-order valence-electron chi connectivity index (χ0n) is 15.1. The highest BCUT2D eigenvalue weighted by Crippen LogP contribution is 2.38. The predicted molar refractivity (Wildman–Crippen MR) is 100 cm³/mol. The van der Waals surface area contributed by atoms with Gasteiger partial charge in [0.25, 0.3) is 0 Å². The molecule has 2 fully saturated rings. The minimum absolute atomic E-state index is 0.0103. The van der Waals surface area contributed by atoms with Crippen LogP contribution >= 0.6 is 12.2 Å². The number of benzene rings is 1. The number of aliphatic carboxylic acids is 1. The molecule has 6 nitrogen and oxygen atoms in total. The number of carbonyl (C=O) groups excluding carboxylic acids is 1. The fourth-order valence-corrected chi connectivity index (χ4v) is 5.71. The van der Waals surface area contributed by atoms with Crippen molar-refractivity contribution in [2.75, 3.05) is 6.54 Å². The summed E-state index contributed by atoms with van der Waals surface area (Å²) in [7, 11) is -4.49. The molecule has 1 aromatic carbocycles. The molecule has 1 aliphatic heterocycles. The van der Waals surface area contributed by atoms with E-state index in [2.05, 4.69) is 0 Å². The largest absolute Gasteiger partial charge is 0.480 e. The van der Waals surface area contributed by atoms with Gasteiger partial charge in [0, 0.05) is 12.5 Å². The summed E-state index contributed by atoms with van der Waals surface area (Å²) in [6.45, 7) is -0.373. The molecule has 11 heteroatoms. The van der Waals surface area contributed by atoms with Crippen molar-refractivity contribution in [3.05, 3.63) is 29.8 Å². The van der Waals surface area contributed by atoms with Gasteiger partial charge in [-0.15, -0.1) is 0 Å². The van der Waals surface area contributed by atoms with Crippen LogP contribution in [0.25, 0.3) is 0 Å². The van der Waals surface area contributed by atoms with Gasteiger partial charge in [-0.1, -0.05) is 24.4 Å². The lowest BCUT2D eigenvalue weighted by Crippen LogP contribution is -2.40. The average Bonchev–Trinajstić information content (AvgIpc) is 3.38. The SMILES string of the molecule is O=C(CC(=S)N1C[C@H](S(=O)(=O)c2ccccc2C(F)(F)F)C[C@H]1C(=O)O)C1CC1. The van der Waals surface area contributed by atoms with Crippen LogP contribution in [0.1, 0.15) is 31.2 Å². The molecule has 158 valence electrons. The molecule has 0 unspecified atom stereocenters. The summed E-state index contributed by atoms with van der Waals surface area (Å²) in [5.74, 6) is -1.57. The third kappa shape index (κ3) is 4.45. The number of carboxylic acids is 1.